The van der Waals surface area contributed by atoms with Crippen molar-refractivity contribution in [1.29, 1.82) is 0 Å². The molecule has 1 amide bonds. The largest absolute Gasteiger partial charge is 0.478 e. The van der Waals surface area contributed by atoms with Gasteiger partial charge in [-0.1, -0.05) is 11.6 Å². The van der Waals surface area contributed by atoms with Crippen molar-refractivity contribution < 1.29 is 19.6 Å². The number of carbonyl (C=O) groups is 2. The third-order valence-electron chi connectivity index (χ3n) is 3.04. The Kier molecular flexibility index (Phi) is 4.60. The Balaban J connectivity index is 2.21. The molecule has 0 saturated carbocycles. The Morgan fingerprint density at radius 2 is 2.17 bits per heavy atom. The maximum atomic E-state index is 12.2. The van der Waals surface area contributed by atoms with Crippen LogP contribution in [-0.4, -0.2) is 31.7 Å². The van der Waals surface area contributed by atoms with Crippen molar-refractivity contribution in [1.82, 2.24) is 9.78 Å². The van der Waals surface area contributed by atoms with Crippen LogP contribution in [-0.2, 0) is 4.79 Å². The van der Waals surface area contributed by atoms with Gasteiger partial charge in [-0.2, -0.15) is 5.10 Å². The Labute approximate surface area is 134 Å². The van der Waals surface area contributed by atoms with E-state index in [4.69, 9.17) is 16.7 Å². The summed E-state index contributed by atoms with van der Waals surface area (Å²) in [4.78, 5) is 33.3. The molecule has 2 N–H and O–H groups in total. The third-order valence-corrected chi connectivity index (χ3v) is 3.27. The molecule has 0 aliphatic carbocycles. The molecule has 1 unspecified atom stereocenters. The van der Waals surface area contributed by atoms with E-state index in [2.05, 4.69) is 10.4 Å². The van der Waals surface area contributed by atoms with E-state index in [1.807, 2.05) is 0 Å². The van der Waals surface area contributed by atoms with Crippen LogP contribution in [0, 0.1) is 10.1 Å². The summed E-state index contributed by atoms with van der Waals surface area (Å²) in [6, 6.07) is 2.99. The maximum absolute atomic E-state index is 12.2. The van der Waals surface area contributed by atoms with E-state index in [-0.39, 0.29) is 22.0 Å². The van der Waals surface area contributed by atoms with Crippen molar-refractivity contribution in [2.45, 2.75) is 13.0 Å². The Morgan fingerprint density at radius 3 is 2.74 bits per heavy atom. The van der Waals surface area contributed by atoms with Crippen LogP contribution in [0.5, 0.6) is 0 Å². The van der Waals surface area contributed by atoms with E-state index in [1.165, 1.54) is 25.3 Å². The molecule has 1 aromatic carbocycles. The first kappa shape index (κ1) is 16.4. The van der Waals surface area contributed by atoms with Gasteiger partial charge < -0.3 is 10.4 Å². The molecule has 0 aliphatic heterocycles. The number of nitro groups is 1. The van der Waals surface area contributed by atoms with E-state index in [1.54, 1.807) is 0 Å². The highest BCUT2D eigenvalue weighted by Gasteiger charge is 2.21. The highest BCUT2D eigenvalue weighted by Crippen LogP contribution is 2.28. The summed E-state index contributed by atoms with van der Waals surface area (Å²) in [5.74, 6) is -1.76. The number of hydrogen-bond acceptors (Lipinski definition) is 5. The molecule has 10 heteroatoms. The monoisotopic (exact) mass is 338 g/mol. The van der Waals surface area contributed by atoms with E-state index in [0.717, 1.165) is 16.9 Å². The molecule has 9 nitrogen and oxygen atoms in total. The number of halogens is 1. The molecule has 0 bridgehead atoms. The number of benzene rings is 1. The normalized spacial score (nSPS) is 11.7. The van der Waals surface area contributed by atoms with Gasteiger partial charge in [-0.3, -0.25) is 19.6 Å². The van der Waals surface area contributed by atoms with Crippen molar-refractivity contribution in [2.24, 2.45) is 0 Å². The molecule has 2 rings (SSSR count). The number of amides is 1. The molecule has 1 atom stereocenters. The van der Waals surface area contributed by atoms with Crippen molar-refractivity contribution in [2.75, 3.05) is 5.32 Å². The van der Waals surface area contributed by atoms with E-state index in [0.29, 0.717) is 0 Å². The molecule has 120 valence electrons. The summed E-state index contributed by atoms with van der Waals surface area (Å²) < 4.78 is 1.15. The highest BCUT2D eigenvalue weighted by atomic mass is 35.5. The Bertz CT molecular complexity index is 788. The van der Waals surface area contributed by atoms with Crippen molar-refractivity contribution in [3.8, 4) is 0 Å². The van der Waals surface area contributed by atoms with Crippen LogP contribution in [0.2, 0.25) is 5.02 Å². The minimum Gasteiger partial charge on any atom is -0.478 e. The zero-order chi connectivity index (χ0) is 17.1. The maximum Gasteiger partial charge on any atom is 0.338 e. The number of nitro benzene ring substituents is 1. The summed E-state index contributed by atoms with van der Waals surface area (Å²) in [6.45, 7) is 1.48. The number of hydrogen-bond donors (Lipinski definition) is 2. The van der Waals surface area contributed by atoms with Gasteiger partial charge in [0.2, 0.25) is 5.91 Å². The molecule has 0 aliphatic rings. The molecular formula is C13H11ClN4O5. The number of anilines is 1. The van der Waals surface area contributed by atoms with Crippen LogP contribution in [0.1, 0.15) is 23.3 Å². The third kappa shape index (κ3) is 3.64. The fourth-order valence-electron chi connectivity index (χ4n) is 1.78. The number of aromatic carboxylic acids is 1. The van der Waals surface area contributed by atoms with Gasteiger partial charge in [-0.05, 0) is 19.1 Å². The van der Waals surface area contributed by atoms with Gasteiger partial charge in [0.25, 0.3) is 5.69 Å². The van der Waals surface area contributed by atoms with Crippen LogP contribution in [0.3, 0.4) is 0 Å². The smallest absolute Gasteiger partial charge is 0.338 e. The lowest BCUT2D eigenvalue weighted by Gasteiger charge is -2.12. The molecule has 23 heavy (non-hydrogen) atoms. The van der Waals surface area contributed by atoms with Gasteiger partial charge in [0.05, 0.1) is 16.7 Å². The number of nitrogens with one attached hydrogen (secondary N) is 1. The van der Waals surface area contributed by atoms with E-state index < -0.39 is 22.8 Å². The lowest BCUT2D eigenvalue weighted by molar-refractivity contribution is -0.383. The summed E-state index contributed by atoms with van der Waals surface area (Å²) in [6.07, 6.45) is 2.31. The van der Waals surface area contributed by atoms with Crippen molar-refractivity contribution in [3.63, 3.8) is 0 Å². The van der Waals surface area contributed by atoms with E-state index in [9.17, 15) is 19.7 Å². The molecular weight excluding hydrogens is 328 g/mol. The molecule has 1 aromatic heterocycles. The van der Waals surface area contributed by atoms with Crippen molar-refractivity contribution in [3.05, 3.63) is 51.3 Å². The minimum atomic E-state index is -1.17. The SMILES string of the molecule is CC(C(=O)Nc1ccc(Cl)cc1[N+](=O)[O-])n1cc(C(=O)O)cn1. The van der Waals surface area contributed by atoms with Crippen LogP contribution in [0.25, 0.3) is 0 Å². The molecule has 0 saturated heterocycles. The number of carboxylic acids is 1. The standard InChI is InChI=1S/C13H11ClN4O5/c1-7(17-6-8(5-15-17)13(20)21)12(19)16-10-3-2-9(14)4-11(10)18(22)23/h2-7H,1H3,(H,16,19)(H,20,21). The molecule has 0 spiro atoms. The summed E-state index contributed by atoms with van der Waals surface area (Å²) >= 11 is 5.70. The van der Waals surface area contributed by atoms with Gasteiger partial charge in [0.15, 0.2) is 0 Å². The van der Waals surface area contributed by atoms with E-state index >= 15 is 0 Å². The lowest BCUT2D eigenvalue weighted by Crippen LogP contribution is -2.24. The second-order valence-corrected chi connectivity index (χ2v) is 5.03. The van der Waals surface area contributed by atoms with Gasteiger partial charge in [0.1, 0.15) is 11.7 Å². The predicted octanol–water partition coefficient (Wildman–Crippen LogP) is 2.34. The van der Waals surface area contributed by atoms with Gasteiger partial charge in [0, 0.05) is 17.3 Å². The zero-order valence-electron chi connectivity index (χ0n) is 11.8. The number of rotatable bonds is 5. The van der Waals surface area contributed by atoms with Crippen LogP contribution < -0.4 is 5.32 Å². The number of carboxylic acid groups (broad SMARTS) is 1. The highest BCUT2D eigenvalue weighted by molar-refractivity contribution is 6.31. The first-order valence-electron chi connectivity index (χ1n) is 6.32. The van der Waals surface area contributed by atoms with Crippen molar-refractivity contribution >= 4 is 34.9 Å². The first-order valence-corrected chi connectivity index (χ1v) is 6.69. The number of aromatic nitrogens is 2. The fraction of sp³-hybridized carbons (Fsp3) is 0.154. The number of carbonyl (C=O) groups excluding carboxylic acids is 1. The fourth-order valence-corrected chi connectivity index (χ4v) is 1.95. The van der Waals surface area contributed by atoms with Crippen LogP contribution in [0.15, 0.2) is 30.6 Å². The average Bonchev–Trinajstić information content (AvgIpc) is 2.98. The second-order valence-electron chi connectivity index (χ2n) is 4.60. The quantitative estimate of drug-likeness (QED) is 0.636. The van der Waals surface area contributed by atoms with Gasteiger partial charge >= 0.3 is 5.97 Å². The predicted molar refractivity (Wildman–Crippen MR) is 80.6 cm³/mol. The first-order chi connectivity index (χ1) is 10.8. The minimum absolute atomic E-state index is 0.0122. The zero-order valence-corrected chi connectivity index (χ0v) is 12.5. The summed E-state index contributed by atoms with van der Waals surface area (Å²) in [5.41, 5.74) is -0.422. The molecule has 2 aromatic rings. The Morgan fingerprint density at radius 1 is 1.48 bits per heavy atom. The summed E-state index contributed by atoms with van der Waals surface area (Å²) in [7, 11) is 0. The molecule has 0 radical (unpaired) electrons. The molecule has 0 fully saturated rings. The average molecular weight is 339 g/mol. The lowest BCUT2D eigenvalue weighted by atomic mass is 10.2. The van der Waals surface area contributed by atoms with Gasteiger partial charge in [-0.15, -0.1) is 0 Å². The number of nitrogens with zero attached hydrogens (tertiary/aromatic N) is 3. The topological polar surface area (TPSA) is 127 Å². The summed E-state index contributed by atoms with van der Waals surface area (Å²) in [5, 5.41) is 26.2. The van der Waals surface area contributed by atoms with Crippen LogP contribution in [0.4, 0.5) is 11.4 Å². The second kappa shape index (κ2) is 6.44. The van der Waals surface area contributed by atoms with Crippen LogP contribution >= 0.6 is 11.6 Å². The van der Waals surface area contributed by atoms with Gasteiger partial charge in [-0.25, -0.2) is 4.79 Å². The molecule has 1 heterocycles. The Hall–Kier alpha value is -2.94.